The molecular formula is C15H23N3O2S. The maximum Gasteiger partial charge on any atom is 0.223 e. The van der Waals surface area contributed by atoms with Gasteiger partial charge in [-0.25, -0.2) is 0 Å². The van der Waals surface area contributed by atoms with Crippen LogP contribution in [-0.2, 0) is 11.2 Å². The molecule has 2 rings (SSSR count). The molecule has 0 aromatic carbocycles. The number of hydrogen-bond acceptors (Lipinski definition) is 4. The molecule has 3 N–H and O–H groups in total. The van der Waals surface area contributed by atoms with Crippen molar-refractivity contribution in [3.8, 4) is 0 Å². The number of nitrogens with zero attached hydrogens (tertiary/aromatic N) is 2. The predicted octanol–water partition coefficient (Wildman–Crippen LogP) is 2.59. The normalized spacial score (nSPS) is 16.3. The van der Waals surface area contributed by atoms with Crippen LogP contribution in [0.4, 0.5) is 0 Å². The van der Waals surface area contributed by atoms with Crippen LogP contribution in [0.5, 0.6) is 0 Å². The zero-order valence-corrected chi connectivity index (χ0v) is 13.0. The minimum Gasteiger partial charge on any atom is -0.409 e. The zero-order chi connectivity index (χ0) is 15.1. The molecule has 0 spiro atoms. The van der Waals surface area contributed by atoms with Crippen molar-refractivity contribution in [3.63, 3.8) is 0 Å². The van der Waals surface area contributed by atoms with E-state index in [2.05, 4.69) is 16.6 Å². The zero-order valence-electron chi connectivity index (χ0n) is 12.2. The molecule has 116 valence electrons. The fourth-order valence-electron chi connectivity index (χ4n) is 2.86. The molecule has 0 aliphatic heterocycles. The average molecular weight is 309 g/mol. The van der Waals surface area contributed by atoms with Gasteiger partial charge in [-0.1, -0.05) is 24.1 Å². The molecule has 5 nitrogen and oxygen atoms in total. The van der Waals surface area contributed by atoms with E-state index in [0.717, 1.165) is 38.5 Å². The quantitative estimate of drug-likeness (QED) is 0.352. The van der Waals surface area contributed by atoms with Gasteiger partial charge >= 0.3 is 0 Å². The second kappa shape index (κ2) is 8.02. The molecule has 6 heteroatoms. The van der Waals surface area contributed by atoms with E-state index in [1.807, 2.05) is 6.07 Å². The molecule has 1 saturated carbocycles. The van der Waals surface area contributed by atoms with Gasteiger partial charge in [-0.05, 0) is 37.1 Å². The van der Waals surface area contributed by atoms with Crippen molar-refractivity contribution in [3.05, 3.63) is 22.4 Å². The largest absolute Gasteiger partial charge is 0.409 e. The Balaban J connectivity index is 1.87. The Kier molecular flexibility index (Phi) is 6.04. The van der Waals surface area contributed by atoms with Gasteiger partial charge in [-0.3, -0.25) is 4.79 Å². The van der Waals surface area contributed by atoms with Gasteiger partial charge in [0.1, 0.15) is 0 Å². The summed E-state index contributed by atoms with van der Waals surface area (Å²) in [4.78, 5) is 15.6. The first-order valence-electron chi connectivity index (χ1n) is 7.49. The van der Waals surface area contributed by atoms with Crippen LogP contribution >= 0.6 is 11.3 Å². The molecule has 0 radical (unpaired) electrons. The summed E-state index contributed by atoms with van der Waals surface area (Å²) in [7, 11) is 0. The second-order valence-corrected chi connectivity index (χ2v) is 6.52. The van der Waals surface area contributed by atoms with Crippen LogP contribution in [0.2, 0.25) is 0 Å². The lowest BCUT2D eigenvalue weighted by atomic mass is 10.1. The highest BCUT2D eigenvalue weighted by Crippen LogP contribution is 2.24. The first-order chi connectivity index (χ1) is 10.2. The summed E-state index contributed by atoms with van der Waals surface area (Å²) in [5, 5.41) is 13.8. The van der Waals surface area contributed by atoms with Crippen LogP contribution in [0.3, 0.4) is 0 Å². The molecule has 0 saturated heterocycles. The number of carbonyl (C=O) groups excluding carboxylic acids is 1. The molecule has 21 heavy (non-hydrogen) atoms. The van der Waals surface area contributed by atoms with E-state index in [1.165, 1.54) is 4.88 Å². The molecule has 1 aliphatic rings. The third-order valence-electron chi connectivity index (χ3n) is 3.94. The van der Waals surface area contributed by atoms with Gasteiger partial charge in [0.05, 0.1) is 6.54 Å². The molecule has 0 unspecified atom stereocenters. The SMILES string of the molecule is NC(CN(C(=O)CCCc1cccs1)C1CCCC1)=NO. The van der Waals surface area contributed by atoms with Crippen molar-refractivity contribution >= 4 is 23.1 Å². The second-order valence-electron chi connectivity index (χ2n) is 5.48. The highest BCUT2D eigenvalue weighted by atomic mass is 32.1. The van der Waals surface area contributed by atoms with Gasteiger partial charge in [0, 0.05) is 17.3 Å². The average Bonchev–Trinajstić information content (AvgIpc) is 3.17. The number of aryl methyl sites for hydroxylation is 1. The third-order valence-corrected chi connectivity index (χ3v) is 4.88. The van der Waals surface area contributed by atoms with Gasteiger partial charge in [0.2, 0.25) is 5.91 Å². The van der Waals surface area contributed by atoms with E-state index in [0.29, 0.717) is 6.42 Å². The van der Waals surface area contributed by atoms with Gasteiger partial charge in [0.25, 0.3) is 0 Å². The highest BCUT2D eigenvalue weighted by molar-refractivity contribution is 7.09. The predicted molar refractivity (Wildman–Crippen MR) is 84.6 cm³/mol. The molecule has 1 aromatic heterocycles. The van der Waals surface area contributed by atoms with E-state index in [1.54, 1.807) is 16.2 Å². The van der Waals surface area contributed by atoms with E-state index >= 15 is 0 Å². The van der Waals surface area contributed by atoms with Crippen LogP contribution < -0.4 is 5.73 Å². The summed E-state index contributed by atoms with van der Waals surface area (Å²) in [5.41, 5.74) is 5.59. The minimum absolute atomic E-state index is 0.105. The monoisotopic (exact) mass is 309 g/mol. The van der Waals surface area contributed by atoms with Crippen molar-refractivity contribution < 1.29 is 10.0 Å². The van der Waals surface area contributed by atoms with E-state index in [-0.39, 0.29) is 24.3 Å². The third kappa shape index (κ3) is 4.74. The summed E-state index contributed by atoms with van der Waals surface area (Å²) < 4.78 is 0. The van der Waals surface area contributed by atoms with Gasteiger partial charge in [-0.15, -0.1) is 11.3 Å². The summed E-state index contributed by atoms with van der Waals surface area (Å²) >= 11 is 1.73. The maximum absolute atomic E-state index is 12.4. The fraction of sp³-hybridized carbons (Fsp3) is 0.600. The van der Waals surface area contributed by atoms with Crippen LogP contribution in [0, 0.1) is 0 Å². The van der Waals surface area contributed by atoms with E-state index in [9.17, 15) is 4.79 Å². The molecule has 1 aliphatic carbocycles. The Hall–Kier alpha value is -1.56. The number of rotatable bonds is 7. The Morgan fingerprint density at radius 2 is 2.24 bits per heavy atom. The number of amidine groups is 1. The Labute approximate surface area is 129 Å². The van der Waals surface area contributed by atoms with Gasteiger partial charge in [-0.2, -0.15) is 0 Å². The molecule has 1 aromatic rings. The first kappa shape index (κ1) is 15.8. The van der Waals surface area contributed by atoms with Crippen molar-refractivity contribution in [2.24, 2.45) is 10.9 Å². The van der Waals surface area contributed by atoms with E-state index in [4.69, 9.17) is 10.9 Å². The number of carbonyl (C=O) groups is 1. The fourth-order valence-corrected chi connectivity index (χ4v) is 3.61. The molecule has 0 atom stereocenters. The van der Waals surface area contributed by atoms with Crippen LogP contribution in [0.1, 0.15) is 43.4 Å². The number of oxime groups is 1. The lowest BCUT2D eigenvalue weighted by molar-refractivity contribution is -0.132. The lowest BCUT2D eigenvalue weighted by Gasteiger charge is -2.28. The minimum atomic E-state index is 0.105. The van der Waals surface area contributed by atoms with Crippen molar-refractivity contribution in [2.45, 2.75) is 51.0 Å². The molecule has 1 heterocycles. The summed E-state index contributed by atoms with van der Waals surface area (Å²) in [5.74, 6) is 0.221. The Morgan fingerprint density at radius 1 is 1.48 bits per heavy atom. The van der Waals surface area contributed by atoms with Crippen LogP contribution in [0.15, 0.2) is 22.7 Å². The lowest BCUT2D eigenvalue weighted by Crippen LogP contribution is -2.44. The molecule has 1 amide bonds. The smallest absolute Gasteiger partial charge is 0.223 e. The number of nitrogens with two attached hydrogens (primary N) is 1. The number of thiophene rings is 1. The maximum atomic E-state index is 12.4. The molecular weight excluding hydrogens is 286 g/mol. The molecule has 0 bridgehead atoms. The van der Waals surface area contributed by atoms with Crippen molar-refractivity contribution in [2.75, 3.05) is 6.54 Å². The van der Waals surface area contributed by atoms with Gasteiger partial charge in [0.15, 0.2) is 5.84 Å². The van der Waals surface area contributed by atoms with Gasteiger partial charge < -0.3 is 15.8 Å². The summed E-state index contributed by atoms with van der Waals surface area (Å²) in [6, 6.07) is 4.38. The standard InChI is InChI=1S/C15H23N3O2S/c16-14(17-20)11-18(12-5-1-2-6-12)15(19)9-3-7-13-8-4-10-21-13/h4,8,10,12,20H,1-3,5-7,9,11H2,(H2,16,17). The van der Waals surface area contributed by atoms with Crippen molar-refractivity contribution in [1.29, 1.82) is 0 Å². The van der Waals surface area contributed by atoms with Crippen LogP contribution in [-0.4, -0.2) is 34.4 Å². The van der Waals surface area contributed by atoms with Crippen molar-refractivity contribution in [1.82, 2.24) is 4.90 Å². The Bertz CT molecular complexity index is 467. The number of hydrogen-bond donors (Lipinski definition) is 2. The van der Waals surface area contributed by atoms with E-state index < -0.39 is 0 Å². The first-order valence-corrected chi connectivity index (χ1v) is 8.37. The highest BCUT2D eigenvalue weighted by Gasteiger charge is 2.27. The topological polar surface area (TPSA) is 78.9 Å². The Morgan fingerprint density at radius 3 is 2.86 bits per heavy atom. The number of amides is 1. The summed E-state index contributed by atoms with van der Waals surface area (Å²) in [6.45, 7) is 0.235. The summed E-state index contributed by atoms with van der Waals surface area (Å²) in [6.07, 6.45) is 6.65. The molecule has 1 fully saturated rings. The van der Waals surface area contributed by atoms with Crippen LogP contribution in [0.25, 0.3) is 0 Å².